The highest BCUT2D eigenvalue weighted by Gasteiger charge is 2.39. The molecule has 0 spiro atoms. The maximum atomic E-state index is 13.6. The minimum atomic E-state index is -3.39. The van der Waals surface area contributed by atoms with Gasteiger partial charge in [-0.05, 0) is 41.5 Å². The van der Waals surface area contributed by atoms with Crippen molar-refractivity contribution in [2.75, 3.05) is 22.2 Å². The first kappa shape index (κ1) is 26.5. The lowest BCUT2D eigenvalue weighted by Crippen LogP contribution is -2.42. The fourth-order valence-electron chi connectivity index (χ4n) is 4.72. The number of amidine groups is 1. The van der Waals surface area contributed by atoms with E-state index in [-0.39, 0.29) is 22.0 Å². The van der Waals surface area contributed by atoms with E-state index in [9.17, 15) is 13.2 Å². The second-order valence-corrected chi connectivity index (χ2v) is 12.4. The largest absolute Gasteiger partial charge is 0.384 e. The summed E-state index contributed by atoms with van der Waals surface area (Å²) in [6.07, 6.45) is 1.20. The van der Waals surface area contributed by atoms with Crippen molar-refractivity contribution >= 4 is 44.7 Å². The van der Waals surface area contributed by atoms with Crippen molar-refractivity contribution < 1.29 is 13.2 Å². The highest BCUT2D eigenvalue weighted by molar-refractivity contribution is 8.00. The van der Waals surface area contributed by atoms with Crippen molar-refractivity contribution in [3.63, 3.8) is 0 Å². The van der Waals surface area contributed by atoms with Crippen LogP contribution in [0.1, 0.15) is 16.5 Å². The zero-order chi connectivity index (χ0) is 27.6. The van der Waals surface area contributed by atoms with Crippen LogP contribution in [-0.4, -0.2) is 38.2 Å². The first-order chi connectivity index (χ1) is 18.7. The minimum absolute atomic E-state index is 0.0292. The fraction of sp³-hybridized carbons (Fsp3) is 0.133. The van der Waals surface area contributed by atoms with Crippen molar-refractivity contribution in [2.24, 2.45) is 5.73 Å². The maximum Gasteiger partial charge on any atom is 0.247 e. The molecule has 9 heteroatoms. The van der Waals surface area contributed by atoms with Gasteiger partial charge in [0, 0.05) is 34.5 Å². The van der Waals surface area contributed by atoms with Crippen molar-refractivity contribution in [1.82, 2.24) is 0 Å². The second-order valence-electron chi connectivity index (χ2n) is 9.32. The molecule has 7 nitrogen and oxygen atoms in total. The highest BCUT2D eigenvalue weighted by Crippen LogP contribution is 2.44. The second kappa shape index (κ2) is 11.0. The molecule has 2 unspecified atom stereocenters. The Kier molecular flexibility index (Phi) is 7.45. The van der Waals surface area contributed by atoms with E-state index >= 15 is 0 Å². The molecule has 5 rings (SSSR count). The molecule has 2 atom stereocenters. The van der Waals surface area contributed by atoms with Crippen LogP contribution in [0.5, 0.6) is 0 Å². The Bertz CT molecular complexity index is 1620. The predicted octanol–water partition coefficient (Wildman–Crippen LogP) is 5.30. The van der Waals surface area contributed by atoms with Gasteiger partial charge in [0.2, 0.25) is 5.91 Å². The fourth-order valence-corrected chi connectivity index (χ4v) is 7.09. The third-order valence-corrected chi connectivity index (χ3v) is 9.07. The molecule has 1 aliphatic heterocycles. The van der Waals surface area contributed by atoms with Gasteiger partial charge in [-0.2, -0.15) is 0 Å². The quantitative estimate of drug-likeness (QED) is 0.210. The molecule has 1 fully saturated rings. The van der Waals surface area contributed by atoms with Gasteiger partial charge in [-0.25, -0.2) is 8.42 Å². The van der Waals surface area contributed by atoms with Gasteiger partial charge in [0.15, 0.2) is 9.84 Å². The number of thioether (sulfide) groups is 1. The Morgan fingerprint density at radius 3 is 2.33 bits per heavy atom. The van der Waals surface area contributed by atoms with Gasteiger partial charge in [-0.1, -0.05) is 72.8 Å². The number of hydrogen-bond donors (Lipinski definition) is 3. The topological polar surface area (TPSA) is 116 Å². The van der Waals surface area contributed by atoms with E-state index in [0.29, 0.717) is 22.6 Å². The van der Waals surface area contributed by atoms with E-state index in [1.54, 1.807) is 54.2 Å². The SMILES string of the molecule is CS(=O)(=O)c1ccccc1-c1ccc(NC(=O)C2CSC(c3ccccc3)N2c2cccc(C(=N)N)c2)cc1. The van der Waals surface area contributed by atoms with Crippen LogP contribution in [0.4, 0.5) is 11.4 Å². The lowest BCUT2D eigenvalue weighted by molar-refractivity contribution is -0.116. The number of nitrogens with two attached hydrogens (primary N) is 1. The van der Waals surface area contributed by atoms with Crippen molar-refractivity contribution in [1.29, 1.82) is 5.41 Å². The molecule has 1 heterocycles. The number of nitrogens with zero attached hydrogens (tertiary/aromatic N) is 1. The number of rotatable bonds is 7. The molecule has 1 aliphatic rings. The standard InChI is InChI=1S/C30H28N4O3S2/c1-39(36,37)27-13-6-5-12-25(27)20-14-16-23(17-15-20)33-29(35)26-19-38-30(21-8-3-2-4-9-21)34(26)24-11-7-10-22(18-24)28(31)32/h2-18,26,30H,19H2,1H3,(H3,31,32)(H,33,35). The molecule has 4 N–H and O–H groups in total. The Balaban J connectivity index is 1.42. The molecule has 0 aliphatic carbocycles. The minimum Gasteiger partial charge on any atom is -0.384 e. The third-order valence-electron chi connectivity index (χ3n) is 6.59. The number of anilines is 2. The van der Waals surface area contributed by atoms with E-state index in [1.807, 2.05) is 60.7 Å². The maximum absolute atomic E-state index is 13.6. The number of amides is 1. The zero-order valence-corrected chi connectivity index (χ0v) is 22.9. The van der Waals surface area contributed by atoms with E-state index in [2.05, 4.69) is 10.2 Å². The summed E-state index contributed by atoms with van der Waals surface area (Å²) < 4.78 is 24.5. The average molecular weight is 557 g/mol. The van der Waals surface area contributed by atoms with Gasteiger partial charge in [-0.15, -0.1) is 11.8 Å². The van der Waals surface area contributed by atoms with Gasteiger partial charge < -0.3 is 16.0 Å². The van der Waals surface area contributed by atoms with Gasteiger partial charge in [0.1, 0.15) is 17.3 Å². The van der Waals surface area contributed by atoms with Crippen molar-refractivity contribution in [3.8, 4) is 11.1 Å². The van der Waals surface area contributed by atoms with Crippen LogP contribution in [0.2, 0.25) is 0 Å². The summed E-state index contributed by atoms with van der Waals surface area (Å²) in [6, 6.07) is 31.0. The van der Waals surface area contributed by atoms with E-state index < -0.39 is 15.9 Å². The molecule has 198 valence electrons. The lowest BCUT2D eigenvalue weighted by Gasteiger charge is -2.31. The number of nitrogen functional groups attached to an aromatic ring is 1. The van der Waals surface area contributed by atoms with E-state index in [1.165, 1.54) is 6.26 Å². The smallest absolute Gasteiger partial charge is 0.247 e. The van der Waals surface area contributed by atoms with Gasteiger partial charge in [0.25, 0.3) is 0 Å². The molecule has 4 aromatic rings. The Labute approximate surface area is 232 Å². The molecule has 0 saturated carbocycles. The summed E-state index contributed by atoms with van der Waals surface area (Å²) >= 11 is 1.69. The molecule has 39 heavy (non-hydrogen) atoms. The molecule has 0 bridgehead atoms. The zero-order valence-electron chi connectivity index (χ0n) is 21.2. The van der Waals surface area contributed by atoms with Crippen molar-refractivity contribution in [3.05, 3.63) is 114 Å². The van der Waals surface area contributed by atoms with Crippen LogP contribution in [0.25, 0.3) is 11.1 Å². The monoisotopic (exact) mass is 556 g/mol. The molecule has 0 aromatic heterocycles. The number of carbonyl (C=O) groups excluding carboxylic acids is 1. The van der Waals surface area contributed by atoms with Crippen LogP contribution in [0.15, 0.2) is 108 Å². The highest BCUT2D eigenvalue weighted by atomic mass is 32.2. The first-order valence-electron chi connectivity index (χ1n) is 12.3. The molecular weight excluding hydrogens is 528 g/mol. The summed E-state index contributed by atoms with van der Waals surface area (Å²) in [5.74, 6) is 0.395. The summed E-state index contributed by atoms with van der Waals surface area (Å²) in [6.45, 7) is 0. The summed E-state index contributed by atoms with van der Waals surface area (Å²) in [7, 11) is -3.39. The normalized spacial score (nSPS) is 17.1. The van der Waals surface area contributed by atoms with Gasteiger partial charge in [-0.3, -0.25) is 10.2 Å². The Hall–Kier alpha value is -4.08. The summed E-state index contributed by atoms with van der Waals surface area (Å²) in [5.41, 5.74) is 10.2. The molecule has 4 aromatic carbocycles. The number of nitrogens with one attached hydrogen (secondary N) is 2. The Morgan fingerprint density at radius 2 is 1.64 bits per heavy atom. The number of carbonyl (C=O) groups is 1. The molecular formula is C30H28N4O3S2. The van der Waals surface area contributed by atoms with Crippen LogP contribution < -0.4 is 16.0 Å². The predicted molar refractivity (Wildman–Crippen MR) is 159 cm³/mol. The first-order valence-corrected chi connectivity index (χ1v) is 15.3. The van der Waals surface area contributed by atoms with Crippen LogP contribution >= 0.6 is 11.8 Å². The molecule has 1 saturated heterocycles. The molecule has 1 amide bonds. The third kappa shape index (κ3) is 5.69. The van der Waals surface area contributed by atoms with E-state index in [0.717, 1.165) is 16.8 Å². The van der Waals surface area contributed by atoms with Crippen LogP contribution in [-0.2, 0) is 14.6 Å². The lowest BCUT2D eigenvalue weighted by atomic mass is 10.1. The van der Waals surface area contributed by atoms with Crippen LogP contribution in [0.3, 0.4) is 0 Å². The summed E-state index contributed by atoms with van der Waals surface area (Å²) in [4.78, 5) is 16.0. The average Bonchev–Trinajstić information content (AvgIpc) is 3.39. The number of benzene rings is 4. The van der Waals surface area contributed by atoms with Gasteiger partial charge >= 0.3 is 0 Å². The number of hydrogen-bond acceptors (Lipinski definition) is 6. The summed E-state index contributed by atoms with van der Waals surface area (Å²) in [5, 5.41) is 10.8. The van der Waals surface area contributed by atoms with Crippen molar-refractivity contribution in [2.45, 2.75) is 16.3 Å². The van der Waals surface area contributed by atoms with E-state index in [4.69, 9.17) is 11.1 Å². The Morgan fingerprint density at radius 1 is 0.949 bits per heavy atom. The number of sulfone groups is 1. The van der Waals surface area contributed by atoms with Gasteiger partial charge in [0.05, 0.1) is 4.90 Å². The van der Waals surface area contributed by atoms with Crippen LogP contribution in [0, 0.1) is 5.41 Å². The molecule has 0 radical (unpaired) electrons.